The number of unbranched alkanes of at least 4 members (excludes halogenated alkanes) is 1. The van der Waals surface area contributed by atoms with Crippen molar-refractivity contribution >= 4 is 5.91 Å². The predicted octanol–water partition coefficient (Wildman–Crippen LogP) is 3.97. The molecule has 0 aliphatic carbocycles. The zero-order chi connectivity index (χ0) is 17.0. The largest absolute Gasteiger partial charge is 0.333 e. The van der Waals surface area contributed by atoms with Gasteiger partial charge in [-0.15, -0.1) is 0 Å². The van der Waals surface area contributed by atoms with Crippen molar-refractivity contribution in [2.75, 3.05) is 19.6 Å². The first-order valence-electron chi connectivity index (χ1n) is 9.40. The topological polar surface area (TPSA) is 23.6 Å². The normalized spacial score (nSPS) is 25.4. The number of hydrogen-bond donors (Lipinski definition) is 0. The molecule has 3 nitrogen and oxygen atoms in total. The summed E-state index contributed by atoms with van der Waals surface area (Å²) in [5, 5.41) is 0. The summed E-state index contributed by atoms with van der Waals surface area (Å²) in [4.78, 5) is 17.2. The summed E-state index contributed by atoms with van der Waals surface area (Å²) < 4.78 is 13.1. The van der Waals surface area contributed by atoms with Crippen LogP contribution < -0.4 is 0 Å². The van der Waals surface area contributed by atoms with Crippen LogP contribution in [-0.2, 0) is 11.3 Å². The zero-order valence-electron chi connectivity index (χ0n) is 14.8. The lowest BCUT2D eigenvalue weighted by Crippen LogP contribution is -2.46. The molecule has 1 spiro atoms. The monoisotopic (exact) mass is 332 g/mol. The summed E-state index contributed by atoms with van der Waals surface area (Å²) in [6.07, 6.45) is 7.47. The third kappa shape index (κ3) is 3.80. The van der Waals surface area contributed by atoms with E-state index in [1.807, 2.05) is 0 Å². The van der Waals surface area contributed by atoms with Crippen molar-refractivity contribution in [1.82, 2.24) is 9.80 Å². The predicted molar refractivity (Wildman–Crippen MR) is 94.1 cm³/mol. The van der Waals surface area contributed by atoms with Gasteiger partial charge in [0.05, 0.1) is 0 Å². The molecule has 1 atom stereocenters. The van der Waals surface area contributed by atoms with Gasteiger partial charge >= 0.3 is 0 Å². The summed E-state index contributed by atoms with van der Waals surface area (Å²) in [6.45, 7) is 6.28. The molecule has 3 rings (SSSR count). The second-order valence-corrected chi connectivity index (χ2v) is 7.38. The highest BCUT2D eigenvalue weighted by molar-refractivity contribution is 5.79. The first-order chi connectivity index (χ1) is 11.6. The fourth-order valence-electron chi connectivity index (χ4n) is 4.26. The van der Waals surface area contributed by atoms with Crippen LogP contribution in [0.5, 0.6) is 0 Å². The van der Waals surface area contributed by atoms with E-state index in [2.05, 4.69) is 16.7 Å². The van der Waals surface area contributed by atoms with Gasteiger partial charge in [-0.05, 0) is 62.9 Å². The average molecular weight is 332 g/mol. The molecule has 1 unspecified atom stereocenters. The second kappa shape index (κ2) is 7.64. The van der Waals surface area contributed by atoms with Gasteiger partial charge in [-0.3, -0.25) is 4.79 Å². The van der Waals surface area contributed by atoms with Crippen LogP contribution in [-0.4, -0.2) is 40.9 Å². The minimum atomic E-state index is -0.220. The minimum Gasteiger partial charge on any atom is -0.333 e. The Morgan fingerprint density at radius 1 is 1.12 bits per heavy atom. The molecule has 24 heavy (non-hydrogen) atoms. The summed E-state index contributed by atoms with van der Waals surface area (Å²) in [5.74, 6) is 0.0450. The molecule has 0 radical (unpaired) electrons. The van der Waals surface area contributed by atoms with E-state index < -0.39 is 0 Å². The highest BCUT2D eigenvalue weighted by Gasteiger charge is 2.45. The van der Waals surface area contributed by atoms with Crippen LogP contribution >= 0.6 is 0 Å². The number of rotatable bonds is 5. The molecule has 2 saturated heterocycles. The van der Waals surface area contributed by atoms with Crippen molar-refractivity contribution in [3.63, 3.8) is 0 Å². The van der Waals surface area contributed by atoms with Crippen molar-refractivity contribution in [1.29, 1.82) is 0 Å². The smallest absolute Gasteiger partial charge is 0.223 e. The first-order valence-corrected chi connectivity index (χ1v) is 9.40. The number of carbonyl (C=O) groups excluding carboxylic acids is 1. The standard InChI is InChI=1S/C20H29FN2O/c1-2-3-13-22-14-4-10-20(12-15-22)11-9-19(24)23(20)16-17-5-7-18(21)8-6-17/h5-8H,2-4,9-16H2,1H3. The van der Waals surface area contributed by atoms with Gasteiger partial charge in [0.25, 0.3) is 0 Å². The van der Waals surface area contributed by atoms with Crippen molar-refractivity contribution < 1.29 is 9.18 Å². The lowest BCUT2D eigenvalue weighted by atomic mass is 9.87. The SMILES string of the molecule is CCCCN1CCCC2(CCC(=O)N2Cc2ccc(F)cc2)CC1. The van der Waals surface area contributed by atoms with Gasteiger partial charge in [-0.1, -0.05) is 25.5 Å². The highest BCUT2D eigenvalue weighted by atomic mass is 19.1. The minimum absolute atomic E-state index is 0.0203. The molecule has 0 bridgehead atoms. The summed E-state index contributed by atoms with van der Waals surface area (Å²) in [5.41, 5.74) is 1.05. The van der Waals surface area contributed by atoms with Crippen LogP contribution in [0.2, 0.25) is 0 Å². The van der Waals surface area contributed by atoms with Crippen molar-refractivity contribution in [3.05, 3.63) is 35.6 Å². The lowest BCUT2D eigenvalue weighted by Gasteiger charge is -2.38. The van der Waals surface area contributed by atoms with E-state index >= 15 is 0 Å². The van der Waals surface area contributed by atoms with Gasteiger partial charge in [0.15, 0.2) is 0 Å². The maximum atomic E-state index is 13.1. The second-order valence-electron chi connectivity index (χ2n) is 7.38. The van der Waals surface area contributed by atoms with Crippen molar-refractivity contribution in [2.45, 2.75) is 64.0 Å². The molecule has 4 heteroatoms. The Hall–Kier alpha value is -1.42. The Morgan fingerprint density at radius 3 is 2.67 bits per heavy atom. The van der Waals surface area contributed by atoms with Crippen LogP contribution in [0.1, 0.15) is 57.4 Å². The molecule has 2 fully saturated rings. The number of halogens is 1. The van der Waals surface area contributed by atoms with E-state index in [4.69, 9.17) is 0 Å². The van der Waals surface area contributed by atoms with Gasteiger partial charge in [0, 0.05) is 25.0 Å². The van der Waals surface area contributed by atoms with Crippen molar-refractivity contribution in [3.8, 4) is 0 Å². The molecule has 0 N–H and O–H groups in total. The first kappa shape index (κ1) is 17.4. The third-order valence-corrected chi connectivity index (χ3v) is 5.77. The molecular weight excluding hydrogens is 303 g/mol. The molecule has 1 aromatic rings. The number of nitrogens with zero attached hydrogens (tertiary/aromatic N) is 2. The highest BCUT2D eigenvalue weighted by Crippen LogP contribution is 2.40. The average Bonchev–Trinajstić information content (AvgIpc) is 2.76. The van der Waals surface area contributed by atoms with Crippen LogP contribution in [0.15, 0.2) is 24.3 Å². The number of benzene rings is 1. The van der Waals surface area contributed by atoms with E-state index in [9.17, 15) is 9.18 Å². The quantitative estimate of drug-likeness (QED) is 0.814. The van der Waals surface area contributed by atoms with Crippen LogP contribution in [0, 0.1) is 5.82 Å². The number of carbonyl (C=O) groups is 1. The number of hydrogen-bond acceptors (Lipinski definition) is 2. The fraction of sp³-hybridized carbons (Fsp3) is 0.650. The molecule has 132 valence electrons. The summed E-state index contributed by atoms with van der Waals surface area (Å²) in [6, 6.07) is 6.59. The molecule has 2 heterocycles. The third-order valence-electron chi connectivity index (χ3n) is 5.77. The Morgan fingerprint density at radius 2 is 1.92 bits per heavy atom. The van der Waals surface area contributed by atoms with Crippen LogP contribution in [0.3, 0.4) is 0 Å². The van der Waals surface area contributed by atoms with E-state index in [1.165, 1.54) is 31.5 Å². The Kier molecular flexibility index (Phi) is 5.54. The summed E-state index contributed by atoms with van der Waals surface area (Å²) >= 11 is 0. The van der Waals surface area contributed by atoms with Gasteiger partial charge in [-0.2, -0.15) is 0 Å². The Balaban J connectivity index is 1.70. The van der Waals surface area contributed by atoms with Crippen molar-refractivity contribution in [2.24, 2.45) is 0 Å². The number of amides is 1. The van der Waals surface area contributed by atoms with E-state index in [0.29, 0.717) is 13.0 Å². The zero-order valence-corrected chi connectivity index (χ0v) is 14.8. The van der Waals surface area contributed by atoms with Gasteiger partial charge < -0.3 is 9.80 Å². The molecule has 1 aromatic carbocycles. The summed E-state index contributed by atoms with van der Waals surface area (Å²) in [7, 11) is 0. The molecule has 2 aliphatic heterocycles. The molecule has 0 aromatic heterocycles. The molecule has 0 saturated carbocycles. The van der Waals surface area contributed by atoms with E-state index in [-0.39, 0.29) is 17.3 Å². The van der Waals surface area contributed by atoms with Gasteiger partial charge in [0.1, 0.15) is 5.82 Å². The molecule has 1 amide bonds. The van der Waals surface area contributed by atoms with Gasteiger partial charge in [-0.25, -0.2) is 4.39 Å². The van der Waals surface area contributed by atoms with E-state index in [1.54, 1.807) is 12.1 Å². The lowest BCUT2D eigenvalue weighted by molar-refractivity contribution is -0.132. The Labute approximate surface area is 144 Å². The Bertz CT molecular complexity index is 559. The maximum absolute atomic E-state index is 13.1. The molecule has 2 aliphatic rings. The fourth-order valence-corrected chi connectivity index (χ4v) is 4.26. The van der Waals surface area contributed by atoms with Crippen LogP contribution in [0.25, 0.3) is 0 Å². The van der Waals surface area contributed by atoms with E-state index in [0.717, 1.165) is 44.3 Å². The maximum Gasteiger partial charge on any atom is 0.223 e. The van der Waals surface area contributed by atoms with Crippen LogP contribution in [0.4, 0.5) is 4.39 Å². The van der Waals surface area contributed by atoms with Gasteiger partial charge in [0.2, 0.25) is 5.91 Å². The molecular formula is C20H29FN2O. The number of likely N-dealkylation sites (tertiary alicyclic amines) is 2.